The summed E-state index contributed by atoms with van der Waals surface area (Å²) in [5.74, 6) is 8.54. The number of thiazole rings is 1. The van der Waals surface area contributed by atoms with Crippen LogP contribution in [-0.2, 0) is 6.54 Å². The molecule has 1 fully saturated rings. The van der Waals surface area contributed by atoms with Gasteiger partial charge in [-0.2, -0.15) is 4.80 Å². The maximum Gasteiger partial charge on any atom is 0.198 e. The lowest BCUT2D eigenvalue weighted by atomic mass is 9.83. The van der Waals surface area contributed by atoms with Crippen molar-refractivity contribution in [3.05, 3.63) is 87.1 Å². The van der Waals surface area contributed by atoms with Crippen LogP contribution in [-0.4, -0.2) is 32.3 Å². The van der Waals surface area contributed by atoms with Gasteiger partial charge in [-0.05, 0) is 77.9 Å². The van der Waals surface area contributed by atoms with E-state index in [0.29, 0.717) is 18.3 Å². The Bertz CT molecular complexity index is 1370. The van der Waals surface area contributed by atoms with Crippen molar-refractivity contribution in [2.24, 2.45) is 0 Å². The Morgan fingerprint density at radius 3 is 2.79 bits per heavy atom. The average Bonchev–Trinajstić information content (AvgIpc) is 3.47. The highest BCUT2D eigenvalue weighted by molar-refractivity contribution is 7.10. The first-order valence-electron chi connectivity index (χ1n) is 11.3. The van der Waals surface area contributed by atoms with Gasteiger partial charge in [0.25, 0.3) is 0 Å². The molecule has 1 saturated carbocycles. The van der Waals surface area contributed by atoms with Gasteiger partial charge in [0.05, 0.1) is 19.3 Å². The van der Waals surface area contributed by atoms with E-state index in [1.54, 1.807) is 23.2 Å². The lowest BCUT2D eigenvalue weighted by molar-refractivity contribution is 0.412. The minimum absolute atomic E-state index is 0.550. The number of hydrogen-bond acceptors (Lipinski definition) is 6. The molecule has 1 aliphatic carbocycles. The van der Waals surface area contributed by atoms with Gasteiger partial charge in [-0.15, -0.1) is 21.5 Å². The van der Waals surface area contributed by atoms with E-state index in [1.165, 1.54) is 25.0 Å². The number of nitrogens with zero attached hydrogens (tertiary/aromatic N) is 5. The summed E-state index contributed by atoms with van der Waals surface area (Å²) in [7, 11) is 1.66. The van der Waals surface area contributed by atoms with E-state index in [4.69, 9.17) is 9.72 Å². The van der Waals surface area contributed by atoms with Crippen LogP contribution in [0.3, 0.4) is 0 Å². The average molecular weight is 468 g/mol. The third-order valence-corrected chi connectivity index (χ3v) is 6.75. The molecule has 0 spiro atoms. The highest BCUT2D eigenvalue weighted by Gasteiger charge is 2.21. The van der Waals surface area contributed by atoms with Crippen molar-refractivity contribution in [3.63, 3.8) is 0 Å². The highest BCUT2D eigenvalue weighted by Crippen LogP contribution is 2.36. The van der Waals surface area contributed by atoms with Crippen molar-refractivity contribution in [2.45, 2.75) is 38.6 Å². The zero-order chi connectivity index (χ0) is 23.3. The van der Waals surface area contributed by atoms with Crippen molar-refractivity contribution in [3.8, 4) is 17.6 Å². The van der Waals surface area contributed by atoms with E-state index < -0.39 is 0 Å². The monoisotopic (exact) mass is 467 g/mol. The van der Waals surface area contributed by atoms with Crippen molar-refractivity contribution in [1.82, 2.24) is 25.2 Å². The molecule has 5 rings (SSSR count). The summed E-state index contributed by atoms with van der Waals surface area (Å²) in [5, 5.41) is 15.9. The minimum Gasteiger partial charge on any atom is -0.497 e. The van der Waals surface area contributed by atoms with Crippen molar-refractivity contribution >= 4 is 23.0 Å². The maximum atomic E-state index is 5.20. The SMILES string of the molecule is COc1ccc(Cn2nnc(/C=C(\C)c3cccc(C#Cc4nc(C5CCC5)cs4)c3)n2)cc1. The van der Waals surface area contributed by atoms with E-state index in [0.717, 1.165) is 33.0 Å². The van der Waals surface area contributed by atoms with Crippen LogP contribution < -0.4 is 4.74 Å². The number of methoxy groups -OCH3 is 1. The van der Waals surface area contributed by atoms with Gasteiger partial charge in [0, 0.05) is 16.9 Å². The number of rotatable bonds is 6. The van der Waals surface area contributed by atoms with E-state index in [1.807, 2.05) is 49.4 Å². The van der Waals surface area contributed by atoms with Gasteiger partial charge >= 0.3 is 0 Å². The van der Waals surface area contributed by atoms with Crippen molar-refractivity contribution < 1.29 is 4.74 Å². The summed E-state index contributed by atoms with van der Waals surface area (Å²) in [6.45, 7) is 2.59. The molecule has 2 heterocycles. The molecule has 4 aromatic rings. The van der Waals surface area contributed by atoms with Crippen LogP contribution in [0.5, 0.6) is 5.75 Å². The maximum absolute atomic E-state index is 5.20. The molecular weight excluding hydrogens is 442 g/mol. The Balaban J connectivity index is 1.27. The topological polar surface area (TPSA) is 65.7 Å². The summed E-state index contributed by atoms with van der Waals surface area (Å²) in [5.41, 5.74) is 5.38. The number of allylic oxidation sites excluding steroid dienone is 1. The molecule has 7 heteroatoms. The molecule has 0 atom stereocenters. The molecule has 0 radical (unpaired) electrons. The molecular formula is C27H25N5OS. The lowest BCUT2D eigenvalue weighted by Crippen LogP contribution is -2.08. The molecule has 2 aromatic carbocycles. The molecule has 0 N–H and O–H groups in total. The van der Waals surface area contributed by atoms with Crippen LogP contribution in [0.25, 0.3) is 11.6 Å². The van der Waals surface area contributed by atoms with E-state index in [2.05, 4.69) is 44.8 Å². The molecule has 2 aromatic heterocycles. The van der Waals surface area contributed by atoms with Crippen LogP contribution in [0.4, 0.5) is 0 Å². The van der Waals surface area contributed by atoms with Gasteiger partial charge in [-0.3, -0.25) is 0 Å². The van der Waals surface area contributed by atoms with Gasteiger partial charge < -0.3 is 4.74 Å². The normalized spacial score (nSPS) is 13.8. The van der Waals surface area contributed by atoms with Crippen LogP contribution >= 0.6 is 11.3 Å². The number of tetrazole rings is 1. The Morgan fingerprint density at radius 2 is 2.03 bits per heavy atom. The predicted octanol–water partition coefficient (Wildman–Crippen LogP) is 5.41. The first-order chi connectivity index (χ1) is 16.7. The van der Waals surface area contributed by atoms with Crippen LogP contribution in [0.1, 0.15) is 65.3 Å². The summed E-state index contributed by atoms with van der Waals surface area (Å²) in [4.78, 5) is 6.30. The van der Waals surface area contributed by atoms with Gasteiger partial charge in [0.2, 0.25) is 0 Å². The number of ether oxygens (including phenoxy) is 1. The standard InChI is InChI=1S/C27H25N5OS/c1-19(15-26-29-31-32(30-26)17-21-9-12-24(33-2)13-10-21)23-8-3-5-20(16-23)11-14-27-28-25(18-34-27)22-6-4-7-22/h3,5,8-10,12-13,15-16,18,22H,4,6-7,17H2,1-2H3/b19-15+. The fourth-order valence-electron chi connectivity index (χ4n) is 3.75. The molecule has 34 heavy (non-hydrogen) atoms. The molecule has 0 bridgehead atoms. The van der Waals surface area contributed by atoms with Crippen LogP contribution in [0, 0.1) is 11.8 Å². The summed E-state index contributed by atoms with van der Waals surface area (Å²) < 4.78 is 5.20. The zero-order valence-corrected chi connectivity index (χ0v) is 20.0. The lowest BCUT2D eigenvalue weighted by Gasteiger charge is -2.22. The van der Waals surface area contributed by atoms with Gasteiger partial charge in [-0.1, -0.05) is 36.6 Å². The second-order valence-corrected chi connectivity index (χ2v) is 9.25. The summed E-state index contributed by atoms with van der Waals surface area (Å²) >= 11 is 1.64. The summed E-state index contributed by atoms with van der Waals surface area (Å²) in [6, 6.07) is 16.0. The Hall–Kier alpha value is -3.76. The Morgan fingerprint density at radius 1 is 1.18 bits per heavy atom. The summed E-state index contributed by atoms with van der Waals surface area (Å²) in [6.07, 6.45) is 5.77. The zero-order valence-electron chi connectivity index (χ0n) is 19.2. The molecule has 0 unspecified atom stereocenters. The number of benzene rings is 2. The molecule has 0 aliphatic heterocycles. The molecule has 1 aliphatic rings. The molecule has 0 saturated heterocycles. The molecule has 6 nitrogen and oxygen atoms in total. The predicted molar refractivity (Wildman–Crippen MR) is 135 cm³/mol. The first-order valence-corrected chi connectivity index (χ1v) is 12.2. The fourth-order valence-corrected chi connectivity index (χ4v) is 4.50. The second kappa shape index (κ2) is 10.0. The third-order valence-electron chi connectivity index (χ3n) is 5.97. The molecule has 170 valence electrons. The van der Waals surface area contributed by atoms with E-state index in [9.17, 15) is 0 Å². The number of hydrogen-bond donors (Lipinski definition) is 0. The smallest absolute Gasteiger partial charge is 0.198 e. The molecule has 0 amide bonds. The fraction of sp³-hybridized carbons (Fsp3) is 0.259. The van der Waals surface area contributed by atoms with Gasteiger partial charge in [0.1, 0.15) is 5.75 Å². The van der Waals surface area contributed by atoms with Crippen LogP contribution in [0.15, 0.2) is 53.9 Å². The largest absolute Gasteiger partial charge is 0.497 e. The Kier molecular flexibility index (Phi) is 6.50. The Labute approximate surface area is 203 Å². The van der Waals surface area contributed by atoms with E-state index >= 15 is 0 Å². The highest BCUT2D eigenvalue weighted by atomic mass is 32.1. The third kappa shape index (κ3) is 5.24. The van der Waals surface area contributed by atoms with Gasteiger partial charge in [-0.25, -0.2) is 4.98 Å². The number of aromatic nitrogens is 5. The minimum atomic E-state index is 0.550. The van der Waals surface area contributed by atoms with E-state index in [-0.39, 0.29) is 0 Å². The first kappa shape index (κ1) is 22.1. The van der Waals surface area contributed by atoms with Crippen molar-refractivity contribution in [1.29, 1.82) is 0 Å². The second-order valence-electron chi connectivity index (χ2n) is 8.39. The van der Waals surface area contributed by atoms with Gasteiger partial charge in [0.15, 0.2) is 10.8 Å². The van der Waals surface area contributed by atoms with Crippen molar-refractivity contribution in [2.75, 3.05) is 7.11 Å². The van der Waals surface area contributed by atoms with Crippen LogP contribution in [0.2, 0.25) is 0 Å². The quantitative estimate of drug-likeness (QED) is 0.355.